The summed E-state index contributed by atoms with van der Waals surface area (Å²) in [5.41, 5.74) is 7.70. The highest BCUT2D eigenvalue weighted by atomic mass is 32.2. The van der Waals surface area contributed by atoms with E-state index < -0.39 is 11.6 Å². The molecule has 0 fully saturated rings. The van der Waals surface area contributed by atoms with Crippen LogP contribution in [0.2, 0.25) is 0 Å². The number of nitrogens with zero attached hydrogens (tertiary/aromatic N) is 3. The van der Waals surface area contributed by atoms with Crippen LogP contribution in [0.15, 0.2) is 29.4 Å². The number of rotatable bonds is 6. The molecule has 1 aromatic carbocycles. The fraction of sp³-hybridized carbons (Fsp3) is 0.391. The Balaban J connectivity index is 2.09. The summed E-state index contributed by atoms with van der Waals surface area (Å²) in [5.74, 6) is 0.155. The molecule has 3 N–H and O–H groups in total. The molecule has 2 aromatic heterocycles. The lowest BCUT2D eigenvalue weighted by Gasteiger charge is -2.20. The first kappa shape index (κ1) is 24.8. The fourth-order valence-corrected chi connectivity index (χ4v) is 4.64. The van der Waals surface area contributed by atoms with Crippen LogP contribution in [-0.2, 0) is 0 Å². The number of thioether (sulfide) groups is 1. The lowest BCUT2D eigenvalue weighted by molar-refractivity contribution is 0.0924. The Morgan fingerprint density at radius 1 is 1.21 bits per heavy atom. The van der Waals surface area contributed by atoms with Crippen LogP contribution >= 0.6 is 23.1 Å². The highest BCUT2D eigenvalue weighted by Crippen LogP contribution is 2.40. The predicted molar refractivity (Wildman–Crippen MR) is 135 cm³/mol. The largest absolute Gasteiger partial charge is 0.415 e. The summed E-state index contributed by atoms with van der Waals surface area (Å²) in [7, 11) is 0. The van der Waals surface area contributed by atoms with Crippen LogP contribution in [-0.4, -0.2) is 51.8 Å². The summed E-state index contributed by atoms with van der Waals surface area (Å²) in [6, 6.07) is 7.13. The summed E-state index contributed by atoms with van der Waals surface area (Å²) in [6.07, 6.45) is 1.48. The highest BCUT2D eigenvalue weighted by Gasteiger charge is 2.25. The van der Waals surface area contributed by atoms with Gasteiger partial charge >= 0.3 is 6.09 Å². The van der Waals surface area contributed by atoms with Crippen LogP contribution in [0.5, 0.6) is 5.75 Å². The van der Waals surface area contributed by atoms with Gasteiger partial charge in [-0.1, -0.05) is 23.9 Å². The zero-order valence-corrected chi connectivity index (χ0v) is 21.3. The van der Waals surface area contributed by atoms with Crippen LogP contribution in [0.3, 0.4) is 0 Å². The average molecular weight is 488 g/mol. The Bertz CT molecular complexity index is 1180. The highest BCUT2D eigenvalue weighted by molar-refractivity contribution is 7.98. The predicted octanol–water partition coefficient (Wildman–Crippen LogP) is 5.03. The third kappa shape index (κ3) is 5.56. The van der Waals surface area contributed by atoms with Gasteiger partial charge in [0.05, 0.1) is 16.8 Å². The molecule has 0 aliphatic carbocycles. The number of nitrogens with one attached hydrogen (secondary N) is 1. The van der Waals surface area contributed by atoms with Crippen molar-refractivity contribution >= 4 is 51.0 Å². The van der Waals surface area contributed by atoms with E-state index in [9.17, 15) is 9.59 Å². The number of thiophene rings is 1. The van der Waals surface area contributed by atoms with E-state index in [0.717, 1.165) is 5.56 Å². The van der Waals surface area contributed by atoms with Crippen molar-refractivity contribution in [2.75, 3.05) is 25.1 Å². The summed E-state index contributed by atoms with van der Waals surface area (Å²) >= 11 is 2.64. The van der Waals surface area contributed by atoms with Crippen molar-refractivity contribution in [3.05, 3.63) is 29.1 Å². The SMILES string of the molecule is CCN(CC)C(=O)Oc1cccc(-c2nc(SC)nc3sc(C(=O)NC(C)(C)C)c(N)c23)c1. The summed E-state index contributed by atoms with van der Waals surface area (Å²) < 4.78 is 5.56. The number of ether oxygens (including phenoxy) is 1. The van der Waals surface area contributed by atoms with E-state index >= 15 is 0 Å². The summed E-state index contributed by atoms with van der Waals surface area (Å²) in [4.78, 5) is 37.1. The quantitative estimate of drug-likeness (QED) is 0.370. The minimum absolute atomic E-state index is 0.249. The fourth-order valence-electron chi connectivity index (χ4n) is 3.22. The number of nitrogens with two attached hydrogens (primary N) is 1. The van der Waals surface area contributed by atoms with Crippen molar-refractivity contribution in [1.29, 1.82) is 0 Å². The minimum Gasteiger partial charge on any atom is -0.410 e. The first-order valence-electron chi connectivity index (χ1n) is 10.6. The molecule has 8 nitrogen and oxygen atoms in total. The lowest BCUT2D eigenvalue weighted by Crippen LogP contribution is -2.40. The molecular weight excluding hydrogens is 458 g/mol. The molecule has 0 saturated carbocycles. The van der Waals surface area contributed by atoms with Crippen molar-refractivity contribution in [3.63, 3.8) is 0 Å². The Hall–Kier alpha value is -2.85. The van der Waals surface area contributed by atoms with Gasteiger partial charge in [0.25, 0.3) is 5.91 Å². The number of benzene rings is 1. The van der Waals surface area contributed by atoms with Crippen molar-refractivity contribution in [1.82, 2.24) is 20.2 Å². The second kappa shape index (κ2) is 9.96. The number of carbonyl (C=O) groups is 2. The van der Waals surface area contributed by atoms with Gasteiger partial charge in [0.2, 0.25) is 0 Å². The Morgan fingerprint density at radius 2 is 1.91 bits per heavy atom. The monoisotopic (exact) mass is 487 g/mol. The standard InChI is InChI=1S/C23H29N5O3S2/c1-7-28(8-2)22(30)31-14-11-9-10-13(12-14)17-15-16(24)18(19(29)27-23(3,4)5)33-20(15)26-21(25-17)32-6/h9-12H,7-8,24H2,1-6H3,(H,27,29). The van der Waals surface area contributed by atoms with E-state index in [0.29, 0.717) is 50.5 Å². The summed E-state index contributed by atoms with van der Waals surface area (Å²) in [5, 5.41) is 4.13. The molecule has 0 radical (unpaired) electrons. The van der Waals surface area contributed by atoms with E-state index in [4.69, 9.17) is 10.5 Å². The average Bonchev–Trinajstić information content (AvgIpc) is 3.09. The van der Waals surface area contributed by atoms with Gasteiger partial charge in [0.15, 0.2) is 5.16 Å². The van der Waals surface area contributed by atoms with Gasteiger partial charge in [0, 0.05) is 24.2 Å². The van der Waals surface area contributed by atoms with Gasteiger partial charge in [-0.2, -0.15) is 0 Å². The van der Waals surface area contributed by atoms with Crippen molar-refractivity contribution in [3.8, 4) is 17.0 Å². The third-order valence-electron chi connectivity index (χ3n) is 4.78. The van der Waals surface area contributed by atoms with Gasteiger partial charge in [-0.3, -0.25) is 4.79 Å². The van der Waals surface area contributed by atoms with Crippen LogP contribution in [0.25, 0.3) is 21.5 Å². The molecule has 3 aromatic rings. The molecule has 0 saturated heterocycles. The third-order valence-corrected chi connectivity index (χ3v) is 6.43. The Morgan fingerprint density at radius 3 is 2.52 bits per heavy atom. The molecule has 2 amide bonds. The van der Waals surface area contributed by atoms with Gasteiger partial charge in [-0.05, 0) is 53.0 Å². The van der Waals surface area contributed by atoms with Crippen LogP contribution in [0.4, 0.5) is 10.5 Å². The maximum atomic E-state index is 12.9. The van der Waals surface area contributed by atoms with Crippen molar-refractivity contribution in [2.45, 2.75) is 45.3 Å². The molecule has 0 spiro atoms. The molecule has 0 bridgehead atoms. The van der Waals surface area contributed by atoms with Crippen molar-refractivity contribution < 1.29 is 14.3 Å². The molecule has 176 valence electrons. The van der Waals surface area contributed by atoms with E-state index in [2.05, 4.69) is 15.3 Å². The molecule has 0 atom stereocenters. The number of anilines is 1. The van der Waals surface area contributed by atoms with Crippen LogP contribution < -0.4 is 15.8 Å². The Labute approximate surface area is 201 Å². The molecule has 3 rings (SSSR count). The van der Waals surface area contributed by atoms with E-state index in [1.807, 2.05) is 46.9 Å². The van der Waals surface area contributed by atoms with Gasteiger partial charge in [0.1, 0.15) is 15.5 Å². The van der Waals surface area contributed by atoms with E-state index in [-0.39, 0.29) is 5.91 Å². The van der Waals surface area contributed by atoms with Crippen LogP contribution in [0, 0.1) is 0 Å². The number of hydrogen-bond donors (Lipinski definition) is 2. The zero-order chi connectivity index (χ0) is 24.3. The van der Waals surface area contributed by atoms with E-state index in [1.54, 1.807) is 23.1 Å². The van der Waals surface area contributed by atoms with Crippen molar-refractivity contribution in [2.24, 2.45) is 0 Å². The topological polar surface area (TPSA) is 110 Å². The maximum absolute atomic E-state index is 12.9. The van der Waals surface area contributed by atoms with E-state index in [1.165, 1.54) is 23.1 Å². The molecule has 0 aliphatic heterocycles. The van der Waals surface area contributed by atoms with Crippen LogP contribution in [0.1, 0.15) is 44.3 Å². The van der Waals surface area contributed by atoms with Gasteiger partial charge in [-0.25, -0.2) is 14.8 Å². The second-order valence-electron chi connectivity index (χ2n) is 8.36. The van der Waals surface area contributed by atoms with Gasteiger partial charge in [-0.15, -0.1) is 11.3 Å². The molecule has 10 heteroatoms. The van der Waals surface area contributed by atoms with Gasteiger partial charge < -0.3 is 20.7 Å². The molecule has 33 heavy (non-hydrogen) atoms. The number of carbonyl (C=O) groups excluding carboxylic acids is 2. The summed E-state index contributed by atoms with van der Waals surface area (Å²) in [6.45, 7) is 10.7. The smallest absolute Gasteiger partial charge is 0.410 e. The molecule has 0 unspecified atom stereocenters. The Kier molecular flexibility index (Phi) is 7.48. The molecule has 2 heterocycles. The second-order valence-corrected chi connectivity index (χ2v) is 10.1. The number of hydrogen-bond acceptors (Lipinski definition) is 8. The first-order chi connectivity index (χ1) is 15.6. The zero-order valence-electron chi connectivity index (χ0n) is 19.7. The first-order valence-corrected chi connectivity index (χ1v) is 12.7. The number of fused-ring (bicyclic) bond motifs is 1. The minimum atomic E-state index is -0.411. The number of amides is 2. The number of aromatic nitrogens is 2. The lowest BCUT2D eigenvalue weighted by atomic mass is 10.1. The molecule has 0 aliphatic rings. The number of nitrogen functional groups attached to an aromatic ring is 1. The maximum Gasteiger partial charge on any atom is 0.415 e. The molecular formula is C23H29N5O3S2. The normalized spacial score (nSPS) is 11.5.